The SMILES string of the molecule is C=CC(=O)N1CCN(c2c(-c3c(O)cccc3F)c(C(N)=O)nc3ccc(Cl)c(F)c23)CC1. The van der Waals surface area contributed by atoms with Crippen LogP contribution in [0.2, 0.25) is 5.02 Å². The van der Waals surface area contributed by atoms with Gasteiger partial charge in [-0.3, -0.25) is 9.59 Å². The maximum absolute atomic E-state index is 15.4. The number of aromatic nitrogens is 1. The molecular formula is C23H19ClF2N4O3. The van der Waals surface area contributed by atoms with Crippen LogP contribution < -0.4 is 10.6 Å². The number of phenolic OH excluding ortho intramolecular Hbond substituents is 1. The highest BCUT2D eigenvalue weighted by Crippen LogP contribution is 2.45. The fourth-order valence-electron chi connectivity index (χ4n) is 4.04. The van der Waals surface area contributed by atoms with Gasteiger partial charge < -0.3 is 20.6 Å². The molecule has 33 heavy (non-hydrogen) atoms. The van der Waals surface area contributed by atoms with Crippen LogP contribution in [0.3, 0.4) is 0 Å². The van der Waals surface area contributed by atoms with E-state index < -0.39 is 23.3 Å². The number of piperazine rings is 1. The van der Waals surface area contributed by atoms with Crippen molar-refractivity contribution in [2.24, 2.45) is 5.73 Å². The number of hydrogen-bond donors (Lipinski definition) is 2. The Labute approximate surface area is 192 Å². The lowest BCUT2D eigenvalue weighted by Crippen LogP contribution is -2.48. The summed E-state index contributed by atoms with van der Waals surface area (Å²) in [5, 5.41) is 10.3. The maximum atomic E-state index is 15.4. The van der Waals surface area contributed by atoms with Crippen LogP contribution in [0.4, 0.5) is 14.5 Å². The minimum Gasteiger partial charge on any atom is -0.507 e. The Balaban J connectivity index is 2.06. The number of carbonyl (C=O) groups is 2. The van der Waals surface area contributed by atoms with Gasteiger partial charge in [0, 0.05) is 31.7 Å². The normalized spacial score (nSPS) is 13.9. The molecule has 0 aliphatic carbocycles. The summed E-state index contributed by atoms with van der Waals surface area (Å²) in [6.45, 7) is 4.47. The van der Waals surface area contributed by atoms with E-state index in [1.54, 1.807) is 9.80 Å². The van der Waals surface area contributed by atoms with Crippen molar-refractivity contribution in [1.82, 2.24) is 9.88 Å². The number of nitrogens with zero attached hydrogens (tertiary/aromatic N) is 3. The first-order chi connectivity index (χ1) is 15.7. The van der Waals surface area contributed by atoms with Gasteiger partial charge in [0.25, 0.3) is 5.91 Å². The van der Waals surface area contributed by atoms with Gasteiger partial charge in [0.2, 0.25) is 5.91 Å². The second kappa shape index (κ2) is 8.67. The summed E-state index contributed by atoms with van der Waals surface area (Å²) in [4.78, 5) is 31.8. The van der Waals surface area contributed by atoms with E-state index in [0.29, 0.717) is 0 Å². The Morgan fingerprint density at radius 1 is 1.12 bits per heavy atom. The molecule has 3 aromatic rings. The van der Waals surface area contributed by atoms with Crippen molar-refractivity contribution < 1.29 is 23.5 Å². The second-order valence-electron chi connectivity index (χ2n) is 7.45. The van der Waals surface area contributed by atoms with Gasteiger partial charge in [0.05, 0.1) is 27.2 Å². The zero-order valence-corrected chi connectivity index (χ0v) is 18.1. The summed E-state index contributed by atoms with van der Waals surface area (Å²) >= 11 is 6.04. The molecule has 10 heteroatoms. The van der Waals surface area contributed by atoms with Crippen LogP contribution in [-0.4, -0.2) is 53.0 Å². The first-order valence-electron chi connectivity index (χ1n) is 10.00. The molecule has 1 aliphatic rings. The standard InChI is InChI=1S/C23H19ClF2N4O3/c1-2-16(32)29-8-10-30(11-9-29)22-18-14(7-6-12(24)20(18)26)28-21(23(27)33)19(22)17-13(25)4-3-5-15(17)31/h2-7,31H,1,8-11H2,(H2,27,33). The smallest absolute Gasteiger partial charge is 0.268 e. The van der Waals surface area contributed by atoms with Gasteiger partial charge in [-0.1, -0.05) is 24.2 Å². The van der Waals surface area contributed by atoms with E-state index in [0.717, 1.165) is 6.07 Å². The van der Waals surface area contributed by atoms with Crippen molar-refractivity contribution in [3.8, 4) is 16.9 Å². The number of anilines is 1. The number of benzene rings is 2. The van der Waals surface area contributed by atoms with Crippen LogP contribution in [0, 0.1) is 11.6 Å². The number of phenols is 1. The molecule has 0 atom stereocenters. The number of hydrogen-bond acceptors (Lipinski definition) is 5. The van der Waals surface area contributed by atoms with Crippen LogP contribution in [0.5, 0.6) is 5.75 Å². The summed E-state index contributed by atoms with van der Waals surface area (Å²) in [6, 6.07) is 6.36. The van der Waals surface area contributed by atoms with Gasteiger partial charge in [-0.05, 0) is 30.3 Å². The van der Waals surface area contributed by atoms with E-state index in [1.807, 2.05) is 0 Å². The zero-order valence-electron chi connectivity index (χ0n) is 17.3. The second-order valence-corrected chi connectivity index (χ2v) is 7.86. The number of rotatable bonds is 4. The van der Waals surface area contributed by atoms with E-state index >= 15 is 4.39 Å². The Morgan fingerprint density at radius 3 is 2.42 bits per heavy atom. The van der Waals surface area contributed by atoms with Crippen molar-refractivity contribution >= 4 is 40.0 Å². The van der Waals surface area contributed by atoms with E-state index in [-0.39, 0.29) is 70.5 Å². The Hall–Kier alpha value is -3.72. The van der Waals surface area contributed by atoms with Crippen molar-refractivity contribution in [3.05, 3.63) is 65.3 Å². The first-order valence-corrected chi connectivity index (χ1v) is 10.4. The van der Waals surface area contributed by atoms with Gasteiger partial charge in [-0.25, -0.2) is 13.8 Å². The number of fused-ring (bicyclic) bond motifs is 1. The van der Waals surface area contributed by atoms with Crippen molar-refractivity contribution in [2.75, 3.05) is 31.1 Å². The molecule has 0 saturated carbocycles. The molecule has 0 bridgehead atoms. The van der Waals surface area contributed by atoms with Crippen molar-refractivity contribution in [3.63, 3.8) is 0 Å². The van der Waals surface area contributed by atoms with Gasteiger partial charge >= 0.3 is 0 Å². The summed E-state index contributed by atoms with van der Waals surface area (Å²) in [6.07, 6.45) is 1.20. The van der Waals surface area contributed by atoms with Crippen LogP contribution >= 0.6 is 11.6 Å². The summed E-state index contributed by atoms with van der Waals surface area (Å²) < 4.78 is 30.3. The van der Waals surface area contributed by atoms with Crippen LogP contribution in [0.15, 0.2) is 43.0 Å². The van der Waals surface area contributed by atoms with Crippen LogP contribution in [0.1, 0.15) is 10.5 Å². The van der Waals surface area contributed by atoms with Gasteiger partial charge in [-0.2, -0.15) is 0 Å². The predicted octanol–water partition coefficient (Wildman–Crippen LogP) is 3.47. The molecule has 1 fully saturated rings. The van der Waals surface area contributed by atoms with Gasteiger partial charge in [-0.15, -0.1) is 0 Å². The fourth-order valence-corrected chi connectivity index (χ4v) is 4.20. The van der Waals surface area contributed by atoms with E-state index in [1.165, 1.54) is 30.3 Å². The average molecular weight is 473 g/mol. The minimum atomic E-state index is -0.980. The molecule has 1 aromatic heterocycles. The highest BCUT2D eigenvalue weighted by atomic mass is 35.5. The average Bonchev–Trinajstić information content (AvgIpc) is 2.80. The molecule has 2 amide bonds. The van der Waals surface area contributed by atoms with Crippen LogP contribution in [0.25, 0.3) is 22.0 Å². The fraction of sp³-hybridized carbons (Fsp3) is 0.174. The molecule has 3 N–H and O–H groups in total. The molecular weight excluding hydrogens is 454 g/mol. The lowest BCUT2D eigenvalue weighted by Gasteiger charge is -2.37. The topological polar surface area (TPSA) is 99.8 Å². The molecule has 0 spiro atoms. The molecule has 2 aromatic carbocycles. The molecule has 0 radical (unpaired) electrons. The quantitative estimate of drug-likeness (QED) is 0.566. The van der Waals surface area contributed by atoms with E-state index in [9.17, 15) is 19.1 Å². The third kappa shape index (κ3) is 3.84. The van der Waals surface area contributed by atoms with Gasteiger partial charge in [0.1, 0.15) is 17.3 Å². The molecule has 170 valence electrons. The summed E-state index contributed by atoms with van der Waals surface area (Å²) in [5.41, 5.74) is 4.97. The number of amides is 2. The number of primary amides is 1. The number of aromatic hydroxyl groups is 1. The number of halogens is 3. The maximum Gasteiger partial charge on any atom is 0.268 e. The molecule has 0 unspecified atom stereocenters. The number of nitrogens with two attached hydrogens (primary N) is 1. The lowest BCUT2D eigenvalue weighted by atomic mass is 9.95. The van der Waals surface area contributed by atoms with Crippen molar-refractivity contribution in [2.45, 2.75) is 0 Å². The highest BCUT2D eigenvalue weighted by molar-refractivity contribution is 6.32. The van der Waals surface area contributed by atoms with E-state index in [4.69, 9.17) is 17.3 Å². The Morgan fingerprint density at radius 2 is 1.82 bits per heavy atom. The minimum absolute atomic E-state index is 0.0475. The molecule has 1 aliphatic heterocycles. The summed E-state index contributed by atoms with van der Waals surface area (Å²) in [5.74, 6) is -3.36. The van der Waals surface area contributed by atoms with Crippen molar-refractivity contribution in [1.29, 1.82) is 0 Å². The third-order valence-electron chi connectivity index (χ3n) is 5.57. The molecule has 4 rings (SSSR count). The Bertz CT molecular complexity index is 1290. The van der Waals surface area contributed by atoms with Gasteiger partial charge in [0.15, 0.2) is 5.82 Å². The molecule has 1 saturated heterocycles. The Kier molecular flexibility index (Phi) is 5.90. The lowest BCUT2D eigenvalue weighted by molar-refractivity contribution is -0.126. The largest absolute Gasteiger partial charge is 0.507 e. The number of pyridine rings is 1. The monoisotopic (exact) mass is 472 g/mol. The number of carbonyl (C=O) groups excluding carboxylic acids is 2. The van der Waals surface area contributed by atoms with E-state index in [2.05, 4.69) is 11.6 Å². The highest BCUT2D eigenvalue weighted by Gasteiger charge is 2.31. The predicted molar refractivity (Wildman–Crippen MR) is 121 cm³/mol. The molecule has 2 heterocycles. The first kappa shape index (κ1) is 22.5. The summed E-state index contributed by atoms with van der Waals surface area (Å²) in [7, 11) is 0. The zero-order chi connectivity index (χ0) is 23.9. The van der Waals surface area contributed by atoms with Crippen LogP contribution in [-0.2, 0) is 4.79 Å². The molecule has 7 nitrogen and oxygen atoms in total. The third-order valence-corrected chi connectivity index (χ3v) is 5.86.